The number of rotatable bonds is 7. The smallest absolute Gasteiger partial charge is 0.240 e. The molecule has 3 aromatic rings. The molecule has 1 aromatic heterocycles. The highest BCUT2D eigenvalue weighted by molar-refractivity contribution is 6.32. The molecule has 1 aliphatic carbocycles. The van der Waals surface area contributed by atoms with Gasteiger partial charge in [0.05, 0.1) is 10.7 Å². The van der Waals surface area contributed by atoms with E-state index in [2.05, 4.69) is 20.9 Å². The first-order valence-electron chi connectivity index (χ1n) is 10.5. The second-order valence-electron chi connectivity index (χ2n) is 7.92. The van der Waals surface area contributed by atoms with Crippen LogP contribution in [0.15, 0.2) is 54.7 Å². The van der Waals surface area contributed by atoms with Gasteiger partial charge in [-0.2, -0.15) is 0 Å². The van der Waals surface area contributed by atoms with Crippen LogP contribution in [-0.4, -0.2) is 22.7 Å². The number of hydrogen-bond acceptors (Lipinski definition) is 5. The van der Waals surface area contributed by atoms with Crippen LogP contribution in [0.4, 0.5) is 26.0 Å². The molecule has 0 atom stereocenters. The zero-order valence-electron chi connectivity index (χ0n) is 18.3. The molecule has 0 spiro atoms. The summed E-state index contributed by atoms with van der Waals surface area (Å²) in [6, 6.07) is 10.2. The lowest BCUT2D eigenvalue weighted by Crippen LogP contribution is -2.35. The summed E-state index contributed by atoms with van der Waals surface area (Å²) in [6.07, 6.45) is 1.95. The number of hydrogen-bond donors (Lipinski definition) is 3. The SMILES string of the molecule is CC(=O)Nc1cc(Oc2cc(F)c(NC(=O)C3(C(=O)Nc4ccc(F)cc4)CC3)cc2Cl)ccn1. The van der Waals surface area contributed by atoms with Crippen LogP contribution in [-0.2, 0) is 14.4 Å². The van der Waals surface area contributed by atoms with E-state index in [1.807, 2.05) is 0 Å². The Morgan fingerprint density at radius 1 is 0.971 bits per heavy atom. The molecule has 3 amide bonds. The van der Waals surface area contributed by atoms with Crippen LogP contribution in [0.2, 0.25) is 5.02 Å². The van der Waals surface area contributed by atoms with E-state index < -0.39 is 28.9 Å². The Bertz CT molecular complexity index is 1310. The number of carbonyl (C=O) groups excluding carboxylic acids is 3. The van der Waals surface area contributed by atoms with E-state index in [4.69, 9.17) is 16.3 Å². The summed E-state index contributed by atoms with van der Waals surface area (Å²) in [6.45, 7) is 1.33. The third-order valence-electron chi connectivity index (χ3n) is 5.25. The molecule has 1 heterocycles. The van der Waals surface area contributed by atoms with E-state index in [0.717, 1.165) is 6.07 Å². The number of aromatic nitrogens is 1. The van der Waals surface area contributed by atoms with Gasteiger partial charge in [0.1, 0.15) is 28.5 Å². The third-order valence-corrected chi connectivity index (χ3v) is 5.55. The number of benzene rings is 2. The first kappa shape index (κ1) is 24.1. The maximum Gasteiger partial charge on any atom is 0.240 e. The number of anilines is 3. The topological polar surface area (TPSA) is 109 Å². The summed E-state index contributed by atoms with van der Waals surface area (Å²) in [5.41, 5.74) is -1.24. The second-order valence-corrected chi connectivity index (χ2v) is 8.33. The molecule has 4 rings (SSSR count). The van der Waals surface area contributed by atoms with Gasteiger partial charge >= 0.3 is 0 Å². The molecule has 1 aliphatic rings. The van der Waals surface area contributed by atoms with Gasteiger partial charge in [-0.05, 0) is 49.2 Å². The largest absolute Gasteiger partial charge is 0.455 e. The number of nitrogens with zero attached hydrogens (tertiary/aromatic N) is 1. The highest BCUT2D eigenvalue weighted by atomic mass is 35.5. The second kappa shape index (κ2) is 9.67. The number of pyridine rings is 1. The van der Waals surface area contributed by atoms with Crippen LogP contribution in [0, 0.1) is 17.0 Å². The molecule has 0 radical (unpaired) electrons. The zero-order chi connectivity index (χ0) is 25.2. The normalized spacial score (nSPS) is 13.5. The predicted octanol–water partition coefficient (Wildman–Crippen LogP) is 5.12. The molecule has 0 saturated heterocycles. The summed E-state index contributed by atoms with van der Waals surface area (Å²) < 4.78 is 33.5. The van der Waals surface area contributed by atoms with Crippen molar-refractivity contribution in [3.05, 3.63) is 71.4 Å². The van der Waals surface area contributed by atoms with Gasteiger partial charge in [-0.25, -0.2) is 13.8 Å². The molecule has 2 aromatic carbocycles. The Morgan fingerprint density at radius 3 is 2.31 bits per heavy atom. The third kappa shape index (κ3) is 5.55. The van der Waals surface area contributed by atoms with Gasteiger partial charge < -0.3 is 20.7 Å². The Hall–Kier alpha value is -4.05. The van der Waals surface area contributed by atoms with E-state index in [0.29, 0.717) is 5.69 Å². The molecule has 0 unspecified atom stereocenters. The van der Waals surface area contributed by atoms with Gasteiger partial charge in [-0.1, -0.05) is 11.6 Å². The van der Waals surface area contributed by atoms with Crippen molar-refractivity contribution in [1.29, 1.82) is 0 Å². The number of ether oxygens (including phenoxy) is 1. The summed E-state index contributed by atoms with van der Waals surface area (Å²) in [5.74, 6) is -2.41. The lowest BCUT2D eigenvalue weighted by molar-refractivity contribution is -0.131. The fraction of sp³-hybridized carbons (Fsp3) is 0.167. The van der Waals surface area contributed by atoms with Gasteiger partial charge in [0.25, 0.3) is 0 Å². The quantitative estimate of drug-likeness (QED) is 0.390. The van der Waals surface area contributed by atoms with Crippen molar-refractivity contribution < 1.29 is 27.9 Å². The fourth-order valence-corrected chi connectivity index (χ4v) is 3.46. The van der Waals surface area contributed by atoms with Gasteiger partial charge in [0, 0.05) is 30.9 Å². The Balaban J connectivity index is 1.46. The minimum Gasteiger partial charge on any atom is -0.455 e. The lowest BCUT2D eigenvalue weighted by atomic mass is 10.0. The zero-order valence-corrected chi connectivity index (χ0v) is 19.1. The van der Waals surface area contributed by atoms with Crippen molar-refractivity contribution >= 4 is 46.5 Å². The molecular weight excluding hydrogens is 482 g/mol. The molecule has 11 heteroatoms. The summed E-state index contributed by atoms with van der Waals surface area (Å²) in [7, 11) is 0. The van der Waals surface area contributed by atoms with Gasteiger partial charge in [-0.15, -0.1) is 0 Å². The van der Waals surface area contributed by atoms with E-state index in [-0.39, 0.29) is 46.8 Å². The Kier molecular flexibility index (Phi) is 6.65. The lowest BCUT2D eigenvalue weighted by Gasteiger charge is -2.17. The van der Waals surface area contributed by atoms with Crippen LogP contribution in [0.3, 0.4) is 0 Å². The summed E-state index contributed by atoms with van der Waals surface area (Å²) in [4.78, 5) is 40.7. The molecule has 1 saturated carbocycles. The average Bonchev–Trinajstić information content (AvgIpc) is 3.61. The Morgan fingerprint density at radius 2 is 1.66 bits per heavy atom. The fourth-order valence-electron chi connectivity index (χ4n) is 3.26. The molecule has 1 fully saturated rings. The average molecular weight is 501 g/mol. The van der Waals surface area contributed by atoms with E-state index >= 15 is 0 Å². The predicted molar refractivity (Wildman–Crippen MR) is 125 cm³/mol. The Labute approximate surface area is 203 Å². The van der Waals surface area contributed by atoms with Gasteiger partial charge in [0.15, 0.2) is 5.82 Å². The van der Waals surface area contributed by atoms with Crippen molar-refractivity contribution in [2.45, 2.75) is 19.8 Å². The summed E-state index contributed by atoms with van der Waals surface area (Å²) >= 11 is 6.23. The van der Waals surface area contributed by atoms with Crippen LogP contribution < -0.4 is 20.7 Å². The van der Waals surface area contributed by atoms with Crippen LogP contribution in [0.5, 0.6) is 11.5 Å². The van der Waals surface area contributed by atoms with Crippen molar-refractivity contribution in [2.24, 2.45) is 5.41 Å². The number of nitrogens with one attached hydrogen (secondary N) is 3. The maximum atomic E-state index is 14.8. The highest BCUT2D eigenvalue weighted by Crippen LogP contribution is 2.48. The first-order valence-corrected chi connectivity index (χ1v) is 10.8. The van der Waals surface area contributed by atoms with Crippen molar-refractivity contribution in [3.63, 3.8) is 0 Å². The van der Waals surface area contributed by atoms with E-state index in [9.17, 15) is 23.2 Å². The molecule has 0 bridgehead atoms. The molecule has 8 nitrogen and oxygen atoms in total. The van der Waals surface area contributed by atoms with Gasteiger partial charge in [0.2, 0.25) is 17.7 Å². The van der Waals surface area contributed by atoms with Crippen LogP contribution in [0.1, 0.15) is 19.8 Å². The molecule has 35 heavy (non-hydrogen) atoms. The van der Waals surface area contributed by atoms with Gasteiger partial charge in [-0.3, -0.25) is 14.4 Å². The van der Waals surface area contributed by atoms with Crippen LogP contribution >= 0.6 is 11.6 Å². The van der Waals surface area contributed by atoms with E-state index in [1.54, 1.807) is 0 Å². The highest BCUT2D eigenvalue weighted by Gasteiger charge is 2.56. The molecule has 180 valence electrons. The maximum absolute atomic E-state index is 14.8. The number of carbonyl (C=O) groups is 3. The number of halogens is 3. The van der Waals surface area contributed by atoms with Crippen molar-refractivity contribution in [2.75, 3.05) is 16.0 Å². The molecule has 3 N–H and O–H groups in total. The monoisotopic (exact) mass is 500 g/mol. The van der Waals surface area contributed by atoms with E-state index in [1.165, 1.54) is 55.6 Å². The summed E-state index contributed by atoms with van der Waals surface area (Å²) in [5, 5.41) is 7.50. The van der Waals surface area contributed by atoms with Crippen LogP contribution in [0.25, 0.3) is 0 Å². The molecular formula is C24H19ClF2N4O4. The van der Waals surface area contributed by atoms with Crippen molar-refractivity contribution in [1.82, 2.24) is 4.98 Å². The minimum atomic E-state index is -1.36. The standard InChI is InChI=1S/C24H19ClF2N4O4/c1-13(32)29-21-10-16(6-9-28-21)35-20-12-18(27)19(11-17(20)25)31-23(34)24(7-8-24)22(33)30-15-4-2-14(26)3-5-15/h2-6,9-12H,7-8H2,1H3,(H,30,33)(H,31,34)(H,28,29,32). The molecule has 0 aliphatic heterocycles. The minimum absolute atomic E-state index is 0.000185. The van der Waals surface area contributed by atoms with Crippen molar-refractivity contribution in [3.8, 4) is 11.5 Å². The first-order chi connectivity index (χ1) is 16.7. The number of amides is 3.